The Morgan fingerprint density at radius 1 is 0.962 bits per heavy atom. The van der Waals surface area contributed by atoms with Crippen molar-refractivity contribution in [1.82, 2.24) is 15.3 Å². The largest absolute Gasteiger partial charge is 0.345 e. The Morgan fingerprint density at radius 2 is 1.73 bits per heavy atom. The number of carbonyl (C=O) groups is 2. The smallest absolute Gasteiger partial charge is 0.270 e. The maximum absolute atomic E-state index is 12.7. The van der Waals surface area contributed by atoms with Gasteiger partial charge in [-0.05, 0) is 36.4 Å². The van der Waals surface area contributed by atoms with E-state index in [0.717, 1.165) is 11.4 Å². The van der Waals surface area contributed by atoms with Crippen molar-refractivity contribution < 1.29 is 9.59 Å². The fourth-order valence-corrected chi connectivity index (χ4v) is 2.41. The van der Waals surface area contributed by atoms with Crippen LogP contribution in [0, 0.1) is 0 Å². The average Bonchev–Trinajstić information content (AvgIpc) is 2.72. The maximum Gasteiger partial charge on any atom is 0.270 e. The summed E-state index contributed by atoms with van der Waals surface area (Å²) >= 11 is 0. The lowest BCUT2D eigenvalue weighted by Crippen LogP contribution is -2.28. The van der Waals surface area contributed by atoms with Crippen molar-refractivity contribution in [3.8, 4) is 0 Å². The van der Waals surface area contributed by atoms with Gasteiger partial charge < -0.3 is 10.2 Å². The second kappa shape index (κ2) is 8.02. The van der Waals surface area contributed by atoms with Crippen LogP contribution in [0.2, 0.25) is 0 Å². The molecule has 26 heavy (non-hydrogen) atoms. The Kier molecular flexibility index (Phi) is 5.34. The van der Waals surface area contributed by atoms with Crippen LogP contribution in [0.15, 0.2) is 73.1 Å². The van der Waals surface area contributed by atoms with E-state index in [-0.39, 0.29) is 17.5 Å². The first kappa shape index (κ1) is 17.3. The van der Waals surface area contributed by atoms with E-state index in [1.165, 1.54) is 17.2 Å². The average molecular weight is 346 g/mol. The quantitative estimate of drug-likeness (QED) is 0.771. The topological polar surface area (TPSA) is 75.2 Å². The van der Waals surface area contributed by atoms with E-state index in [0.29, 0.717) is 12.1 Å². The standard InChI is InChI=1S/C20H18N4O2/c1-24(17-8-3-2-4-9-17)20(26)15-10-12-22-18(13-15)19(25)23-14-16-7-5-6-11-21-16/h2-13H,14H2,1H3,(H,23,25). The third kappa shape index (κ3) is 4.10. The minimum atomic E-state index is -0.354. The van der Waals surface area contributed by atoms with Gasteiger partial charge >= 0.3 is 0 Å². The zero-order valence-electron chi connectivity index (χ0n) is 14.3. The third-order valence-corrected chi connectivity index (χ3v) is 3.84. The van der Waals surface area contributed by atoms with Crippen molar-refractivity contribution in [3.63, 3.8) is 0 Å². The summed E-state index contributed by atoms with van der Waals surface area (Å²) in [5, 5.41) is 2.75. The van der Waals surface area contributed by atoms with Crippen molar-refractivity contribution in [2.75, 3.05) is 11.9 Å². The van der Waals surface area contributed by atoms with E-state index in [1.54, 1.807) is 19.3 Å². The van der Waals surface area contributed by atoms with Crippen LogP contribution in [0.1, 0.15) is 26.5 Å². The van der Waals surface area contributed by atoms with E-state index in [4.69, 9.17) is 0 Å². The lowest BCUT2D eigenvalue weighted by Gasteiger charge is -2.17. The molecule has 2 aromatic heterocycles. The van der Waals surface area contributed by atoms with Crippen LogP contribution >= 0.6 is 0 Å². The molecule has 0 atom stereocenters. The van der Waals surface area contributed by atoms with Gasteiger partial charge in [0, 0.05) is 30.7 Å². The van der Waals surface area contributed by atoms with Crippen LogP contribution < -0.4 is 10.2 Å². The van der Waals surface area contributed by atoms with E-state index < -0.39 is 0 Å². The highest BCUT2D eigenvalue weighted by Gasteiger charge is 2.16. The lowest BCUT2D eigenvalue weighted by atomic mass is 10.2. The Balaban J connectivity index is 1.71. The molecule has 6 heteroatoms. The van der Waals surface area contributed by atoms with E-state index in [1.807, 2.05) is 48.5 Å². The fraction of sp³-hybridized carbons (Fsp3) is 0.100. The fourth-order valence-electron chi connectivity index (χ4n) is 2.41. The number of pyridine rings is 2. The summed E-state index contributed by atoms with van der Waals surface area (Å²) in [5.41, 5.74) is 2.11. The Bertz CT molecular complexity index is 898. The number of hydrogen-bond donors (Lipinski definition) is 1. The number of para-hydroxylation sites is 1. The highest BCUT2D eigenvalue weighted by molar-refractivity contribution is 6.06. The van der Waals surface area contributed by atoms with Crippen LogP contribution in [0.25, 0.3) is 0 Å². The zero-order chi connectivity index (χ0) is 18.4. The number of anilines is 1. The number of nitrogens with zero attached hydrogens (tertiary/aromatic N) is 3. The predicted molar refractivity (Wildman–Crippen MR) is 98.8 cm³/mol. The molecular weight excluding hydrogens is 328 g/mol. The maximum atomic E-state index is 12.7. The molecule has 3 rings (SSSR count). The molecular formula is C20H18N4O2. The molecule has 1 aromatic carbocycles. The molecule has 2 amide bonds. The molecule has 3 aromatic rings. The molecule has 0 aliphatic rings. The molecule has 0 unspecified atom stereocenters. The van der Waals surface area contributed by atoms with E-state index >= 15 is 0 Å². The summed E-state index contributed by atoms with van der Waals surface area (Å²) < 4.78 is 0. The normalized spacial score (nSPS) is 10.2. The van der Waals surface area contributed by atoms with Crippen LogP contribution in [0.5, 0.6) is 0 Å². The molecule has 0 radical (unpaired) electrons. The SMILES string of the molecule is CN(C(=O)c1ccnc(C(=O)NCc2ccccn2)c1)c1ccccc1. The molecule has 0 fully saturated rings. The molecule has 0 spiro atoms. The monoisotopic (exact) mass is 346 g/mol. The van der Waals surface area contributed by atoms with Crippen molar-refractivity contribution in [2.45, 2.75) is 6.54 Å². The summed E-state index contributed by atoms with van der Waals surface area (Å²) in [6.07, 6.45) is 3.13. The predicted octanol–water partition coefficient (Wildman–Crippen LogP) is 2.68. The molecule has 0 bridgehead atoms. The minimum Gasteiger partial charge on any atom is -0.345 e. The third-order valence-electron chi connectivity index (χ3n) is 3.84. The molecule has 130 valence electrons. The minimum absolute atomic E-state index is 0.188. The van der Waals surface area contributed by atoms with E-state index in [9.17, 15) is 9.59 Å². The number of amides is 2. The Hall–Kier alpha value is -3.54. The van der Waals surface area contributed by atoms with Crippen LogP contribution in [0.4, 0.5) is 5.69 Å². The van der Waals surface area contributed by atoms with Crippen molar-refractivity contribution in [3.05, 3.63) is 90.0 Å². The van der Waals surface area contributed by atoms with Gasteiger partial charge in [0.05, 0.1) is 12.2 Å². The highest BCUT2D eigenvalue weighted by atomic mass is 16.2. The molecule has 2 heterocycles. The van der Waals surface area contributed by atoms with Crippen LogP contribution in [-0.4, -0.2) is 28.8 Å². The summed E-state index contributed by atoms with van der Waals surface area (Å²) in [7, 11) is 1.69. The lowest BCUT2D eigenvalue weighted by molar-refractivity contribution is 0.0945. The number of rotatable bonds is 5. The number of benzene rings is 1. The number of aromatic nitrogens is 2. The van der Waals surface area contributed by atoms with Gasteiger partial charge in [-0.15, -0.1) is 0 Å². The van der Waals surface area contributed by atoms with Crippen molar-refractivity contribution in [1.29, 1.82) is 0 Å². The van der Waals surface area contributed by atoms with Gasteiger partial charge in [-0.1, -0.05) is 24.3 Å². The van der Waals surface area contributed by atoms with Crippen molar-refractivity contribution in [2.24, 2.45) is 0 Å². The first-order valence-electron chi connectivity index (χ1n) is 8.12. The van der Waals surface area contributed by atoms with Gasteiger partial charge in [-0.3, -0.25) is 19.6 Å². The van der Waals surface area contributed by atoms with Gasteiger partial charge in [0.2, 0.25) is 0 Å². The summed E-state index contributed by atoms with van der Waals surface area (Å²) in [6.45, 7) is 0.295. The second-order valence-corrected chi connectivity index (χ2v) is 5.63. The van der Waals surface area contributed by atoms with Gasteiger partial charge in [0.15, 0.2) is 0 Å². The van der Waals surface area contributed by atoms with Crippen molar-refractivity contribution >= 4 is 17.5 Å². The van der Waals surface area contributed by atoms with Gasteiger partial charge in [-0.25, -0.2) is 0 Å². The molecule has 0 saturated carbocycles. The molecule has 0 aliphatic carbocycles. The summed E-state index contributed by atoms with van der Waals surface area (Å²) in [5.74, 6) is -0.565. The molecule has 0 aliphatic heterocycles. The second-order valence-electron chi connectivity index (χ2n) is 5.63. The highest BCUT2D eigenvalue weighted by Crippen LogP contribution is 2.15. The first-order valence-corrected chi connectivity index (χ1v) is 8.12. The van der Waals surface area contributed by atoms with Crippen LogP contribution in [-0.2, 0) is 6.54 Å². The first-order chi connectivity index (χ1) is 12.6. The van der Waals surface area contributed by atoms with Gasteiger partial charge in [-0.2, -0.15) is 0 Å². The van der Waals surface area contributed by atoms with Gasteiger partial charge in [0.1, 0.15) is 5.69 Å². The number of carbonyl (C=O) groups excluding carboxylic acids is 2. The Labute approximate surface area is 151 Å². The molecule has 1 N–H and O–H groups in total. The van der Waals surface area contributed by atoms with E-state index in [2.05, 4.69) is 15.3 Å². The molecule has 0 saturated heterocycles. The van der Waals surface area contributed by atoms with Crippen LogP contribution in [0.3, 0.4) is 0 Å². The number of nitrogens with one attached hydrogen (secondary N) is 1. The zero-order valence-corrected chi connectivity index (χ0v) is 14.3. The molecule has 6 nitrogen and oxygen atoms in total. The van der Waals surface area contributed by atoms with Gasteiger partial charge in [0.25, 0.3) is 11.8 Å². The number of hydrogen-bond acceptors (Lipinski definition) is 4. The summed E-state index contributed by atoms with van der Waals surface area (Å²) in [4.78, 5) is 34.7. The Morgan fingerprint density at radius 3 is 2.46 bits per heavy atom. The summed E-state index contributed by atoms with van der Waals surface area (Å²) in [6, 6.07) is 17.9.